The number of nitriles is 1. The van der Waals surface area contributed by atoms with Gasteiger partial charge in [0.05, 0.1) is 25.3 Å². The van der Waals surface area contributed by atoms with Crippen molar-refractivity contribution >= 4 is 22.2 Å². The number of ether oxygens (including phenoxy) is 1. The van der Waals surface area contributed by atoms with Crippen LogP contribution in [-0.2, 0) is 22.4 Å². The number of hydrogen-bond acceptors (Lipinski definition) is 5. The molecule has 1 aromatic rings. The zero-order chi connectivity index (χ0) is 16.2. The first-order valence-electron chi connectivity index (χ1n) is 8.35. The van der Waals surface area contributed by atoms with Gasteiger partial charge in [0.2, 0.25) is 5.91 Å². The molecule has 1 fully saturated rings. The molecular formula is C17H23N3O2S. The van der Waals surface area contributed by atoms with Gasteiger partial charge in [0.15, 0.2) is 0 Å². The monoisotopic (exact) mass is 333 g/mol. The molecule has 1 aromatic heterocycles. The molecule has 0 aromatic carbocycles. The molecule has 0 saturated carbocycles. The summed E-state index contributed by atoms with van der Waals surface area (Å²) in [5.74, 6) is -0.0355. The van der Waals surface area contributed by atoms with Crippen LogP contribution in [0.1, 0.15) is 42.2 Å². The largest absolute Gasteiger partial charge is 0.379 e. The number of carbonyl (C=O) groups is 1. The Labute approximate surface area is 141 Å². The summed E-state index contributed by atoms with van der Waals surface area (Å²) < 4.78 is 5.40. The van der Waals surface area contributed by atoms with E-state index in [-0.39, 0.29) is 11.9 Å². The summed E-state index contributed by atoms with van der Waals surface area (Å²) in [6, 6.07) is 2.57. The molecule has 0 unspecified atom stereocenters. The second-order valence-electron chi connectivity index (χ2n) is 6.32. The van der Waals surface area contributed by atoms with Crippen LogP contribution in [-0.4, -0.2) is 43.2 Å². The minimum absolute atomic E-state index is 0.0355. The lowest BCUT2D eigenvalue weighted by Crippen LogP contribution is -2.47. The standard InChI is InChI=1S/C17H23N3O2S/c1-12-11-22-8-7-20(12)10-16(21)19-17-14(9-18)13-5-3-2-4-6-15(13)23-17/h12H,2-8,10-11H2,1H3,(H,19,21)/t12-/m0/s1. The lowest BCUT2D eigenvalue weighted by atomic mass is 10.1. The molecule has 1 N–H and O–H groups in total. The van der Waals surface area contributed by atoms with Crippen molar-refractivity contribution in [3.05, 3.63) is 16.0 Å². The molecule has 124 valence electrons. The number of rotatable bonds is 3. The van der Waals surface area contributed by atoms with E-state index in [0.717, 1.165) is 30.8 Å². The third kappa shape index (κ3) is 3.74. The van der Waals surface area contributed by atoms with E-state index in [1.54, 1.807) is 11.3 Å². The summed E-state index contributed by atoms with van der Waals surface area (Å²) in [5, 5.41) is 13.2. The van der Waals surface area contributed by atoms with E-state index in [0.29, 0.717) is 25.3 Å². The topological polar surface area (TPSA) is 65.4 Å². The van der Waals surface area contributed by atoms with Gasteiger partial charge in [0, 0.05) is 17.5 Å². The van der Waals surface area contributed by atoms with Crippen molar-refractivity contribution in [2.75, 3.05) is 31.6 Å². The van der Waals surface area contributed by atoms with Crippen LogP contribution < -0.4 is 5.32 Å². The van der Waals surface area contributed by atoms with Gasteiger partial charge in [-0.05, 0) is 38.2 Å². The van der Waals surface area contributed by atoms with Crippen molar-refractivity contribution < 1.29 is 9.53 Å². The van der Waals surface area contributed by atoms with Gasteiger partial charge in [-0.3, -0.25) is 9.69 Å². The van der Waals surface area contributed by atoms with Crippen molar-refractivity contribution in [1.29, 1.82) is 5.26 Å². The minimum atomic E-state index is -0.0355. The van der Waals surface area contributed by atoms with E-state index < -0.39 is 0 Å². The predicted octanol–water partition coefficient (Wildman–Crippen LogP) is 2.55. The summed E-state index contributed by atoms with van der Waals surface area (Å²) in [6.07, 6.45) is 5.53. The molecule has 1 aliphatic heterocycles. The first-order valence-corrected chi connectivity index (χ1v) is 9.17. The molecule has 0 bridgehead atoms. The van der Waals surface area contributed by atoms with Gasteiger partial charge >= 0.3 is 0 Å². The third-order valence-electron chi connectivity index (χ3n) is 4.64. The molecule has 6 heteroatoms. The van der Waals surface area contributed by atoms with E-state index in [2.05, 4.69) is 23.2 Å². The molecule has 23 heavy (non-hydrogen) atoms. The quantitative estimate of drug-likeness (QED) is 0.863. The molecule has 1 amide bonds. The first kappa shape index (κ1) is 16.4. The van der Waals surface area contributed by atoms with Crippen molar-refractivity contribution in [2.24, 2.45) is 0 Å². The molecule has 5 nitrogen and oxygen atoms in total. The van der Waals surface area contributed by atoms with Crippen LogP contribution >= 0.6 is 11.3 Å². The zero-order valence-corrected chi connectivity index (χ0v) is 14.4. The molecular weight excluding hydrogens is 310 g/mol. The Morgan fingerprint density at radius 3 is 3.04 bits per heavy atom. The van der Waals surface area contributed by atoms with Crippen LogP contribution in [0, 0.1) is 11.3 Å². The van der Waals surface area contributed by atoms with E-state index in [1.807, 2.05) is 0 Å². The smallest absolute Gasteiger partial charge is 0.239 e. The fourth-order valence-corrected chi connectivity index (χ4v) is 4.55. The second kappa shape index (κ2) is 7.43. The Balaban J connectivity index is 1.70. The number of fused-ring (bicyclic) bond motifs is 1. The average Bonchev–Trinajstić information content (AvgIpc) is 2.69. The van der Waals surface area contributed by atoms with Gasteiger partial charge in [-0.25, -0.2) is 0 Å². The number of morpholine rings is 1. The lowest BCUT2D eigenvalue weighted by molar-refractivity contribution is -0.119. The Morgan fingerprint density at radius 1 is 1.43 bits per heavy atom. The van der Waals surface area contributed by atoms with Crippen LogP contribution in [0.2, 0.25) is 0 Å². The van der Waals surface area contributed by atoms with Crippen molar-refractivity contribution in [3.63, 3.8) is 0 Å². The van der Waals surface area contributed by atoms with Crippen molar-refractivity contribution in [1.82, 2.24) is 4.90 Å². The second-order valence-corrected chi connectivity index (χ2v) is 7.43. The Kier molecular flexibility index (Phi) is 5.31. The molecule has 0 radical (unpaired) electrons. The number of anilines is 1. The van der Waals surface area contributed by atoms with Crippen LogP contribution in [0.3, 0.4) is 0 Å². The Bertz CT molecular complexity index is 620. The van der Waals surface area contributed by atoms with Crippen molar-refractivity contribution in [3.8, 4) is 6.07 Å². The minimum Gasteiger partial charge on any atom is -0.379 e. The number of nitrogens with one attached hydrogen (secondary N) is 1. The highest BCUT2D eigenvalue weighted by molar-refractivity contribution is 7.16. The summed E-state index contributed by atoms with van der Waals surface area (Å²) in [4.78, 5) is 15.8. The fourth-order valence-electron chi connectivity index (χ4n) is 3.30. The maximum absolute atomic E-state index is 12.4. The number of thiophene rings is 1. The van der Waals surface area contributed by atoms with Gasteiger partial charge < -0.3 is 10.1 Å². The normalized spacial score (nSPS) is 22.0. The Morgan fingerprint density at radius 2 is 2.26 bits per heavy atom. The number of amides is 1. The van der Waals surface area contributed by atoms with Crippen LogP contribution in [0.5, 0.6) is 0 Å². The molecule has 1 atom stereocenters. The maximum atomic E-state index is 12.4. The highest BCUT2D eigenvalue weighted by Gasteiger charge is 2.24. The van der Waals surface area contributed by atoms with Gasteiger partial charge in [-0.1, -0.05) is 6.42 Å². The van der Waals surface area contributed by atoms with E-state index in [9.17, 15) is 10.1 Å². The van der Waals surface area contributed by atoms with Gasteiger partial charge in [-0.15, -0.1) is 11.3 Å². The van der Waals surface area contributed by atoms with E-state index >= 15 is 0 Å². The molecule has 2 heterocycles. The maximum Gasteiger partial charge on any atom is 0.239 e. The van der Waals surface area contributed by atoms with Gasteiger partial charge in [0.1, 0.15) is 11.1 Å². The number of nitrogens with zero attached hydrogens (tertiary/aromatic N) is 2. The predicted molar refractivity (Wildman–Crippen MR) is 90.8 cm³/mol. The lowest BCUT2D eigenvalue weighted by Gasteiger charge is -2.32. The molecule has 3 rings (SSSR count). The summed E-state index contributed by atoms with van der Waals surface area (Å²) in [5.41, 5.74) is 1.86. The number of hydrogen-bond donors (Lipinski definition) is 1. The summed E-state index contributed by atoms with van der Waals surface area (Å²) >= 11 is 1.59. The summed E-state index contributed by atoms with van der Waals surface area (Å²) in [6.45, 7) is 4.55. The highest BCUT2D eigenvalue weighted by atomic mass is 32.1. The molecule has 2 aliphatic rings. The first-order chi connectivity index (χ1) is 11.2. The SMILES string of the molecule is C[C@H]1COCCN1CC(=O)Nc1sc2c(c1C#N)CCCCC2. The van der Waals surface area contributed by atoms with Crippen LogP contribution in [0.25, 0.3) is 0 Å². The number of carbonyl (C=O) groups excluding carboxylic acids is 1. The highest BCUT2D eigenvalue weighted by Crippen LogP contribution is 2.36. The fraction of sp³-hybridized carbons (Fsp3) is 0.647. The van der Waals surface area contributed by atoms with E-state index in [4.69, 9.17) is 4.74 Å². The average molecular weight is 333 g/mol. The van der Waals surface area contributed by atoms with Crippen LogP contribution in [0.4, 0.5) is 5.00 Å². The Hall–Kier alpha value is -1.42. The molecule has 0 spiro atoms. The zero-order valence-electron chi connectivity index (χ0n) is 13.6. The summed E-state index contributed by atoms with van der Waals surface area (Å²) in [7, 11) is 0. The number of aryl methyl sites for hydroxylation is 1. The van der Waals surface area contributed by atoms with Crippen molar-refractivity contribution in [2.45, 2.75) is 45.1 Å². The molecule has 1 saturated heterocycles. The van der Waals surface area contributed by atoms with E-state index in [1.165, 1.54) is 23.3 Å². The molecule has 1 aliphatic carbocycles. The van der Waals surface area contributed by atoms with Gasteiger partial charge in [-0.2, -0.15) is 5.26 Å². The van der Waals surface area contributed by atoms with Gasteiger partial charge in [0.25, 0.3) is 0 Å². The van der Waals surface area contributed by atoms with Crippen LogP contribution in [0.15, 0.2) is 0 Å². The third-order valence-corrected chi connectivity index (χ3v) is 5.85.